The minimum Gasteiger partial charge on any atom is -0.234 e. The lowest BCUT2D eigenvalue weighted by molar-refractivity contribution is -0.704. The second-order valence-corrected chi connectivity index (χ2v) is 16.6. The Hall–Kier alpha value is -0.790. The van der Waals surface area contributed by atoms with Crippen LogP contribution in [0.5, 0.6) is 0 Å². The van der Waals surface area contributed by atoms with E-state index < -0.39 is 0 Å². The molecule has 0 fully saturated rings. The van der Waals surface area contributed by atoms with Gasteiger partial charge < -0.3 is 0 Å². The van der Waals surface area contributed by atoms with Crippen molar-refractivity contribution in [1.82, 2.24) is 4.57 Å². The number of aryl methyl sites for hydroxylation is 2. The summed E-state index contributed by atoms with van der Waals surface area (Å²) in [7, 11) is 0. The van der Waals surface area contributed by atoms with E-state index in [0.717, 1.165) is 0 Å². The summed E-state index contributed by atoms with van der Waals surface area (Å²) in [6.45, 7) is 9.41. The molecule has 0 atom stereocenters. The van der Waals surface area contributed by atoms with Crippen molar-refractivity contribution in [3.63, 3.8) is 0 Å². The Bertz CT molecular complexity index is 766. The van der Waals surface area contributed by atoms with Gasteiger partial charge in [-0.05, 0) is 32.1 Å². The van der Waals surface area contributed by atoms with Gasteiger partial charge in [-0.25, -0.2) is 9.13 Å². The fourth-order valence-electron chi connectivity index (χ4n) is 8.09. The third kappa shape index (κ3) is 30.8. The summed E-state index contributed by atoms with van der Waals surface area (Å²) in [6.07, 6.45) is 62.3. The summed E-state index contributed by atoms with van der Waals surface area (Å²) in [5.41, 5.74) is 0. The monoisotopic (exact) mass is 700 g/mol. The smallest absolute Gasteiger partial charge is 0.234 e. The summed E-state index contributed by atoms with van der Waals surface area (Å²) >= 11 is 0. The lowest BCUT2D eigenvalue weighted by atomic mass is 10.0. The molecule has 0 spiro atoms. The first-order chi connectivity index (χ1) is 24.8. The lowest BCUT2D eigenvalue weighted by Gasteiger charge is -2.07. The molecule has 0 amide bonds. The number of nitrogens with zero attached hydrogens (tertiary/aromatic N) is 2. The highest BCUT2D eigenvalue weighted by Crippen LogP contribution is 2.17. The third-order valence-electron chi connectivity index (χ3n) is 11.6. The molecule has 1 heterocycles. The van der Waals surface area contributed by atoms with Crippen LogP contribution in [0.4, 0.5) is 0 Å². The van der Waals surface area contributed by atoms with Crippen molar-refractivity contribution in [2.75, 3.05) is 0 Å². The van der Waals surface area contributed by atoms with Gasteiger partial charge in [0.25, 0.3) is 5.82 Å². The average molecular weight is 700 g/mol. The predicted octanol–water partition coefficient (Wildman–Crippen LogP) is 16.6. The standard InChI is InChI=1S/C48H95N2/c1-4-7-10-13-16-19-21-23-25-26-28-30-33-36-39-42-45-50-47-46-49(44-41-38-35-32-18-15-12-9-6-3)48(50)43-40-37-34-31-29-27-24-22-20-17-14-11-8-5-2/h46-47H,4-45H2,1-3H3/q+1. The van der Waals surface area contributed by atoms with Gasteiger partial charge >= 0.3 is 0 Å². The Balaban J connectivity index is 2.23. The molecule has 1 aromatic rings. The van der Waals surface area contributed by atoms with Crippen molar-refractivity contribution in [2.45, 2.75) is 291 Å². The molecular weight excluding hydrogens is 605 g/mol. The van der Waals surface area contributed by atoms with Gasteiger partial charge in [-0.1, -0.05) is 239 Å². The SMILES string of the molecule is CCCCCCCCCCCCCCCCCCn1cc[n+](CCCCCCCCCCC)c1CCCCCCCCCCCCCCCC. The maximum absolute atomic E-state index is 2.65. The molecule has 0 aliphatic carbocycles. The van der Waals surface area contributed by atoms with E-state index in [1.807, 2.05) is 0 Å². The van der Waals surface area contributed by atoms with Crippen molar-refractivity contribution >= 4 is 0 Å². The molecule has 0 radical (unpaired) electrons. The van der Waals surface area contributed by atoms with Gasteiger partial charge in [-0.3, -0.25) is 0 Å². The van der Waals surface area contributed by atoms with E-state index in [2.05, 4.69) is 42.3 Å². The Morgan fingerprint density at radius 1 is 0.340 bits per heavy atom. The summed E-state index contributed by atoms with van der Waals surface area (Å²) in [5.74, 6) is 1.63. The second kappa shape index (κ2) is 39.4. The van der Waals surface area contributed by atoms with Crippen LogP contribution in [-0.4, -0.2) is 4.57 Å². The molecule has 0 saturated heterocycles. The van der Waals surface area contributed by atoms with Crippen molar-refractivity contribution in [3.05, 3.63) is 18.2 Å². The topological polar surface area (TPSA) is 8.81 Å². The van der Waals surface area contributed by atoms with E-state index in [0.29, 0.717) is 0 Å². The Labute approximate surface area is 317 Å². The molecule has 0 aliphatic heterocycles. The maximum atomic E-state index is 2.65. The van der Waals surface area contributed by atoms with Crippen LogP contribution in [0.15, 0.2) is 12.4 Å². The molecule has 0 saturated carbocycles. The van der Waals surface area contributed by atoms with E-state index in [-0.39, 0.29) is 0 Å². The van der Waals surface area contributed by atoms with Crippen molar-refractivity contribution in [2.24, 2.45) is 0 Å². The first-order valence-corrected chi connectivity index (χ1v) is 23.9. The van der Waals surface area contributed by atoms with Crippen molar-refractivity contribution < 1.29 is 4.57 Å². The maximum Gasteiger partial charge on any atom is 0.256 e. The Morgan fingerprint density at radius 2 is 0.620 bits per heavy atom. The van der Waals surface area contributed by atoms with Crippen LogP contribution in [0.25, 0.3) is 0 Å². The highest BCUT2D eigenvalue weighted by atomic mass is 15.1. The van der Waals surface area contributed by atoms with E-state index in [9.17, 15) is 0 Å². The zero-order valence-electron chi connectivity index (χ0n) is 35.2. The summed E-state index contributed by atoms with van der Waals surface area (Å²) in [4.78, 5) is 0. The van der Waals surface area contributed by atoms with E-state index in [1.165, 1.54) is 270 Å². The van der Waals surface area contributed by atoms with Crippen LogP contribution in [0, 0.1) is 0 Å². The molecule has 0 unspecified atom stereocenters. The highest BCUT2D eigenvalue weighted by molar-refractivity contribution is 4.84. The minimum atomic E-state index is 1.23. The molecule has 2 heteroatoms. The number of hydrogen-bond donors (Lipinski definition) is 0. The number of hydrogen-bond acceptors (Lipinski definition) is 0. The van der Waals surface area contributed by atoms with Gasteiger partial charge in [-0.2, -0.15) is 0 Å². The quantitative estimate of drug-likeness (QED) is 0.0474. The van der Waals surface area contributed by atoms with Crippen LogP contribution in [0.1, 0.15) is 277 Å². The molecule has 1 aromatic heterocycles. The van der Waals surface area contributed by atoms with Gasteiger partial charge in [0.1, 0.15) is 12.4 Å². The average Bonchev–Trinajstić information content (AvgIpc) is 3.51. The molecule has 0 aromatic carbocycles. The molecule has 2 nitrogen and oxygen atoms in total. The summed E-state index contributed by atoms with van der Waals surface area (Å²) < 4.78 is 5.30. The molecule has 50 heavy (non-hydrogen) atoms. The summed E-state index contributed by atoms with van der Waals surface area (Å²) in [5, 5.41) is 0. The molecule has 0 aliphatic rings. The number of unbranched alkanes of at least 4 members (excludes halogenated alkanes) is 36. The first kappa shape index (κ1) is 47.2. The number of aromatic nitrogens is 2. The van der Waals surface area contributed by atoms with Crippen LogP contribution < -0.4 is 4.57 Å². The van der Waals surface area contributed by atoms with Crippen LogP contribution in [0.2, 0.25) is 0 Å². The molecular formula is C48H95N2+. The zero-order chi connectivity index (χ0) is 35.8. The highest BCUT2D eigenvalue weighted by Gasteiger charge is 2.16. The molecule has 1 rings (SSSR count). The van der Waals surface area contributed by atoms with E-state index in [1.54, 1.807) is 5.82 Å². The largest absolute Gasteiger partial charge is 0.256 e. The van der Waals surface area contributed by atoms with Gasteiger partial charge in [0, 0.05) is 6.42 Å². The predicted molar refractivity (Wildman–Crippen MR) is 225 cm³/mol. The Kier molecular flexibility index (Phi) is 37.2. The van der Waals surface area contributed by atoms with Crippen LogP contribution >= 0.6 is 0 Å². The normalized spacial score (nSPS) is 11.7. The van der Waals surface area contributed by atoms with Gasteiger partial charge in [0.15, 0.2) is 0 Å². The second-order valence-electron chi connectivity index (χ2n) is 16.6. The van der Waals surface area contributed by atoms with Crippen LogP contribution in [0.3, 0.4) is 0 Å². The molecule has 0 N–H and O–H groups in total. The van der Waals surface area contributed by atoms with E-state index in [4.69, 9.17) is 0 Å². The fourth-order valence-corrected chi connectivity index (χ4v) is 8.09. The van der Waals surface area contributed by atoms with Gasteiger partial charge in [0.05, 0.1) is 13.1 Å². The van der Waals surface area contributed by atoms with E-state index >= 15 is 0 Å². The van der Waals surface area contributed by atoms with Gasteiger partial charge in [0.2, 0.25) is 0 Å². The number of rotatable bonds is 42. The Morgan fingerprint density at radius 3 is 0.960 bits per heavy atom. The summed E-state index contributed by atoms with van der Waals surface area (Å²) in [6, 6.07) is 0. The number of imidazole rings is 1. The zero-order valence-corrected chi connectivity index (χ0v) is 35.2. The first-order valence-electron chi connectivity index (χ1n) is 23.9. The van der Waals surface area contributed by atoms with Gasteiger partial charge in [-0.15, -0.1) is 0 Å². The van der Waals surface area contributed by atoms with Crippen LogP contribution in [-0.2, 0) is 19.5 Å². The van der Waals surface area contributed by atoms with Crippen molar-refractivity contribution in [3.8, 4) is 0 Å². The molecule has 0 bridgehead atoms. The molecule has 296 valence electrons. The lowest BCUT2D eigenvalue weighted by Crippen LogP contribution is -2.37. The van der Waals surface area contributed by atoms with Crippen molar-refractivity contribution in [1.29, 1.82) is 0 Å². The minimum absolute atomic E-state index is 1.23. The third-order valence-corrected chi connectivity index (χ3v) is 11.6. The fraction of sp³-hybridized carbons (Fsp3) is 0.938.